The molecule has 1 unspecified atom stereocenters. The first-order valence-corrected chi connectivity index (χ1v) is 7.14. The molecule has 0 aliphatic heterocycles. The largest absolute Gasteiger partial charge is 0.353 e. The molecule has 0 aromatic heterocycles. The molecule has 0 spiro atoms. The Kier molecular flexibility index (Phi) is 6.56. The zero-order valence-corrected chi connectivity index (χ0v) is 11.4. The minimum atomic E-state index is 0.198. The van der Waals surface area contributed by atoms with E-state index in [4.69, 9.17) is 5.73 Å². The molecule has 3 N–H and O–H groups in total. The van der Waals surface area contributed by atoms with Crippen LogP contribution >= 0.6 is 0 Å². The second kappa shape index (κ2) is 7.70. The Morgan fingerprint density at radius 3 is 2.53 bits per heavy atom. The Hall–Kier alpha value is -0.570. The highest BCUT2D eigenvalue weighted by atomic mass is 16.1. The summed E-state index contributed by atoms with van der Waals surface area (Å²) in [6.07, 6.45) is 9.05. The number of rotatable bonds is 6. The molecule has 0 heterocycles. The van der Waals surface area contributed by atoms with Gasteiger partial charge in [-0.05, 0) is 45.4 Å². The molecule has 0 aromatic rings. The van der Waals surface area contributed by atoms with Crippen molar-refractivity contribution < 1.29 is 4.79 Å². The lowest BCUT2D eigenvalue weighted by atomic mass is 9.84. The summed E-state index contributed by atoms with van der Waals surface area (Å²) in [4.78, 5) is 11.7. The molecule has 3 nitrogen and oxygen atoms in total. The zero-order chi connectivity index (χ0) is 12.7. The van der Waals surface area contributed by atoms with Crippen molar-refractivity contribution >= 4 is 5.91 Å². The van der Waals surface area contributed by atoms with Gasteiger partial charge in [-0.25, -0.2) is 0 Å². The number of hydrogen-bond acceptors (Lipinski definition) is 2. The molecule has 2 atom stereocenters. The summed E-state index contributed by atoms with van der Waals surface area (Å²) in [6.45, 7) is 4.14. The highest BCUT2D eigenvalue weighted by Gasteiger charge is 2.21. The molecule has 0 bridgehead atoms. The van der Waals surface area contributed by atoms with Gasteiger partial charge in [-0.3, -0.25) is 4.79 Å². The molecule has 1 amide bonds. The van der Waals surface area contributed by atoms with Gasteiger partial charge in [-0.2, -0.15) is 0 Å². The summed E-state index contributed by atoms with van der Waals surface area (Å²) in [5, 5.41) is 3.14. The van der Waals surface area contributed by atoms with E-state index in [0.717, 1.165) is 12.8 Å². The van der Waals surface area contributed by atoms with E-state index in [9.17, 15) is 4.79 Å². The Labute approximate surface area is 106 Å². The van der Waals surface area contributed by atoms with E-state index in [1.807, 2.05) is 6.92 Å². The summed E-state index contributed by atoms with van der Waals surface area (Å²) in [5.41, 5.74) is 5.67. The molecule has 0 aromatic carbocycles. The number of carbonyl (C=O) groups excluding carboxylic acids is 1. The zero-order valence-electron chi connectivity index (χ0n) is 11.4. The van der Waals surface area contributed by atoms with Crippen molar-refractivity contribution in [3.05, 3.63) is 0 Å². The summed E-state index contributed by atoms with van der Waals surface area (Å²) in [7, 11) is 0. The van der Waals surface area contributed by atoms with Crippen molar-refractivity contribution in [3.63, 3.8) is 0 Å². The summed E-state index contributed by atoms with van der Waals surface area (Å²) in [5.74, 6) is 0.893. The minimum Gasteiger partial charge on any atom is -0.353 e. The lowest BCUT2D eigenvalue weighted by molar-refractivity contribution is -0.122. The molecule has 1 rings (SSSR count). The Bertz CT molecular complexity index is 222. The van der Waals surface area contributed by atoms with E-state index in [2.05, 4.69) is 12.2 Å². The molecule has 0 radical (unpaired) electrons. The first-order chi connectivity index (χ1) is 8.09. The molecular weight excluding hydrogens is 212 g/mol. The maximum Gasteiger partial charge on any atom is 0.220 e. The second-order valence-corrected chi connectivity index (χ2v) is 5.62. The van der Waals surface area contributed by atoms with Crippen LogP contribution in [-0.2, 0) is 4.79 Å². The van der Waals surface area contributed by atoms with Gasteiger partial charge < -0.3 is 11.1 Å². The van der Waals surface area contributed by atoms with Gasteiger partial charge in [0.25, 0.3) is 0 Å². The van der Waals surface area contributed by atoms with Gasteiger partial charge in [-0.15, -0.1) is 0 Å². The van der Waals surface area contributed by atoms with Gasteiger partial charge in [0.2, 0.25) is 5.91 Å². The third kappa shape index (κ3) is 6.06. The number of carbonyl (C=O) groups is 1. The van der Waals surface area contributed by atoms with Gasteiger partial charge in [0, 0.05) is 18.5 Å². The Morgan fingerprint density at radius 2 is 1.94 bits per heavy atom. The van der Waals surface area contributed by atoms with Crippen molar-refractivity contribution in [1.82, 2.24) is 5.32 Å². The molecule has 17 heavy (non-hydrogen) atoms. The van der Waals surface area contributed by atoms with Crippen LogP contribution < -0.4 is 11.1 Å². The smallest absolute Gasteiger partial charge is 0.220 e. The first-order valence-electron chi connectivity index (χ1n) is 7.14. The number of hydrogen-bond donors (Lipinski definition) is 2. The standard InChI is InChI=1S/C14H28N2O/c1-11(15)7-6-10-14(17)16-12(2)13-8-4-3-5-9-13/h11-13H,3-10,15H2,1-2H3,(H,16,17)/t11?,12-/m0/s1. The Morgan fingerprint density at radius 1 is 1.29 bits per heavy atom. The average molecular weight is 240 g/mol. The second-order valence-electron chi connectivity index (χ2n) is 5.62. The Balaban J connectivity index is 2.15. The molecule has 1 saturated carbocycles. The van der Waals surface area contributed by atoms with E-state index >= 15 is 0 Å². The van der Waals surface area contributed by atoms with E-state index in [1.54, 1.807) is 0 Å². The lowest BCUT2D eigenvalue weighted by Gasteiger charge is -2.28. The molecule has 100 valence electrons. The van der Waals surface area contributed by atoms with Crippen LogP contribution in [0.5, 0.6) is 0 Å². The molecule has 1 aliphatic rings. The van der Waals surface area contributed by atoms with Crippen LogP contribution in [0.25, 0.3) is 0 Å². The highest BCUT2D eigenvalue weighted by Crippen LogP contribution is 2.26. The van der Waals surface area contributed by atoms with E-state index in [0.29, 0.717) is 18.4 Å². The number of nitrogens with one attached hydrogen (secondary N) is 1. The number of nitrogens with two attached hydrogens (primary N) is 1. The molecule has 3 heteroatoms. The van der Waals surface area contributed by atoms with Crippen LogP contribution in [0.2, 0.25) is 0 Å². The predicted octanol–water partition coefficient (Wildman–Crippen LogP) is 2.59. The van der Waals surface area contributed by atoms with Crippen LogP contribution in [0.3, 0.4) is 0 Å². The average Bonchev–Trinajstić information content (AvgIpc) is 2.29. The van der Waals surface area contributed by atoms with Crippen LogP contribution in [0.4, 0.5) is 0 Å². The third-order valence-corrected chi connectivity index (χ3v) is 3.81. The summed E-state index contributed by atoms with van der Waals surface area (Å²) < 4.78 is 0. The first kappa shape index (κ1) is 14.5. The van der Waals surface area contributed by atoms with Crippen LogP contribution in [0, 0.1) is 5.92 Å². The highest BCUT2D eigenvalue weighted by molar-refractivity contribution is 5.76. The van der Waals surface area contributed by atoms with Crippen molar-refractivity contribution in [2.24, 2.45) is 11.7 Å². The van der Waals surface area contributed by atoms with Gasteiger partial charge in [0.15, 0.2) is 0 Å². The summed E-state index contributed by atoms with van der Waals surface area (Å²) >= 11 is 0. The molecule has 0 saturated heterocycles. The SMILES string of the molecule is CC(N)CCCC(=O)N[C@@H](C)C1CCCCC1. The van der Waals surface area contributed by atoms with Gasteiger partial charge in [-0.1, -0.05) is 19.3 Å². The van der Waals surface area contributed by atoms with Crippen LogP contribution in [0.1, 0.15) is 65.2 Å². The van der Waals surface area contributed by atoms with Gasteiger partial charge >= 0.3 is 0 Å². The normalized spacial score (nSPS) is 20.9. The van der Waals surface area contributed by atoms with Crippen LogP contribution in [0.15, 0.2) is 0 Å². The topological polar surface area (TPSA) is 55.1 Å². The van der Waals surface area contributed by atoms with Crippen LogP contribution in [-0.4, -0.2) is 18.0 Å². The fourth-order valence-electron chi connectivity index (χ4n) is 2.66. The monoisotopic (exact) mass is 240 g/mol. The number of amides is 1. The van der Waals surface area contributed by atoms with E-state index < -0.39 is 0 Å². The molecule has 1 aliphatic carbocycles. The predicted molar refractivity (Wildman–Crippen MR) is 71.7 cm³/mol. The quantitative estimate of drug-likeness (QED) is 0.750. The molecular formula is C14H28N2O. The molecule has 1 fully saturated rings. The fraction of sp³-hybridized carbons (Fsp3) is 0.929. The fourth-order valence-corrected chi connectivity index (χ4v) is 2.66. The summed E-state index contributed by atoms with van der Waals surface area (Å²) in [6, 6.07) is 0.552. The van der Waals surface area contributed by atoms with Crippen molar-refractivity contribution in [2.45, 2.75) is 77.3 Å². The maximum absolute atomic E-state index is 11.7. The van der Waals surface area contributed by atoms with Gasteiger partial charge in [0.05, 0.1) is 0 Å². The lowest BCUT2D eigenvalue weighted by Crippen LogP contribution is -2.38. The van der Waals surface area contributed by atoms with E-state index in [-0.39, 0.29) is 11.9 Å². The third-order valence-electron chi connectivity index (χ3n) is 3.81. The minimum absolute atomic E-state index is 0.198. The van der Waals surface area contributed by atoms with Crippen molar-refractivity contribution in [2.75, 3.05) is 0 Å². The van der Waals surface area contributed by atoms with Crippen molar-refractivity contribution in [1.29, 1.82) is 0 Å². The van der Waals surface area contributed by atoms with E-state index in [1.165, 1.54) is 32.1 Å². The van der Waals surface area contributed by atoms with Gasteiger partial charge in [0.1, 0.15) is 0 Å². The maximum atomic E-state index is 11.7. The van der Waals surface area contributed by atoms with Crippen molar-refractivity contribution in [3.8, 4) is 0 Å².